The number of hydrogen-bond acceptors (Lipinski definition) is 4. The van der Waals surface area contributed by atoms with E-state index in [0.29, 0.717) is 5.52 Å². The fourth-order valence-electron chi connectivity index (χ4n) is 1.12. The van der Waals surface area contributed by atoms with Crippen LogP contribution in [0.2, 0.25) is 0 Å². The van der Waals surface area contributed by atoms with Gasteiger partial charge in [0, 0.05) is 5.56 Å². The molecule has 0 fully saturated rings. The first-order chi connectivity index (χ1) is 6.68. The maximum atomic E-state index is 11.1. The molecule has 5 heteroatoms. The quantitative estimate of drug-likeness (QED) is 0.599. The van der Waals surface area contributed by atoms with E-state index < -0.39 is 11.8 Å². The van der Waals surface area contributed by atoms with Crippen molar-refractivity contribution < 1.29 is 14.7 Å². The van der Waals surface area contributed by atoms with Gasteiger partial charge >= 0.3 is 5.97 Å². The third-order valence-corrected chi connectivity index (χ3v) is 2.60. The zero-order valence-electron chi connectivity index (χ0n) is 6.93. The Morgan fingerprint density at radius 1 is 1.36 bits per heavy atom. The molecule has 0 saturated heterocycles. The summed E-state index contributed by atoms with van der Waals surface area (Å²) in [5.41, 5.74) is 2.47. The smallest absolute Gasteiger partial charge is 0.377 e. The van der Waals surface area contributed by atoms with Crippen molar-refractivity contribution in [1.82, 2.24) is 4.98 Å². The summed E-state index contributed by atoms with van der Waals surface area (Å²) in [4.78, 5) is 25.5. The second kappa shape index (κ2) is 3.19. The Morgan fingerprint density at radius 2 is 2.14 bits per heavy atom. The Hall–Kier alpha value is -1.75. The molecule has 0 bridgehead atoms. The number of carbonyl (C=O) groups excluding carboxylic acids is 1. The maximum absolute atomic E-state index is 11.1. The average molecular weight is 207 g/mol. The Kier molecular flexibility index (Phi) is 2.01. The Morgan fingerprint density at radius 3 is 2.86 bits per heavy atom. The van der Waals surface area contributed by atoms with E-state index in [1.165, 1.54) is 23.5 Å². The van der Waals surface area contributed by atoms with Crippen LogP contribution in [0.4, 0.5) is 0 Å². The molecule has 2 rings (SSSR count). The van der Waals surface area contributed by atoms with Gasteiger partial charge in [-0.3, -0.25) is 4.79 Å². The lowest BCUT2D eigenvalue weighted by atomic mass is 10.1. The van der Waals surface area contributed by atoms with E-state index in [1.54, 1.807) is 11.6 Å². The number of thiazole rings is 1. The number of Topliss-reactive ketones (excluding diaryl/α,β-unsaturated/α-hetero) is 1. The first kappa shape index (κ1) is 8.83. The average Bonchev–Trinajstić information content (AvgIpc) is 2.62. The number of fused-ring (bicyclic) bond motifs is 1. The van der Waals surface area contributed by atoms with Crippen LogP contribution in [-0.4, -0.2) is 21.8 Å². The minimum Gasteiger partial charge on any atom is -0.475 e. The number of carboxylic acids is 1. The molecule has 70 valence electrons. The summed E-state index contributed by atoms with van der Waals surface area (Å²) in [6.45, 7) is 0. The van der Waals surface area contributed by atoms with Gasteiger partial charge in [-0.1, -0.05) is 0 Å². The van der Waals surface area contributed by atoms with Crippen LogP contribution in [0.5, 0.6) is 0 Å². The van der Waals surface area contributed by atoms with Crippen LogP contribution in [0.1, 0.15) is 10.4 Å². The van der Waals surface area contributed by atoms with Crippen LogP contribution in [-0.2, 0) is 4.79 Å². The highest BCUT2D eigenvalue weighted by molar-refractivity contribution is 7.16. The standard InChI is InChI=1S/C9H5NO3S/c11-8(9(12)13)5-1-2-7-6(3-5)10-4-14-7/h1-4H,(H,12,13). The van der Waals surface area contributed by atoms with Crippen molar-refractivity contribution in [1.29, 1.82) is 0 Å². The van der Waals surface area contributed by atoms with Crippen LogP contribution in [0.15, 0.2) is 23.7 Å². The molecule has 0 aliphatic carbocycles. The zero-order chi connectivity index (χ0) is 10.1. The molecule has 1 aromatic heterocycles. The van der Waals surface area contributed by atoms with Crippen molar-refractivity contribution in [3.63, 3.8) is 0 Å². The van der Waals surface area contributed by atoms with E-state index in [2.05, 4.69) is 4.98 Å². The Bertz CT molecular complexity index is 518. The van der Waals surface area contributed by atoms with Gasteiger partial charge in [0.15, 0.2) is 0 Å². The highest BCUT2D eigenvalue weighted by atomic mass is 32.1. The molecule has 2 aromatic rings. The molecule has 0 radical (unpaired) electrons. The van der Waals surface area contributed by atoms with E-state index in [-0.39, 0.29) is 5.56 Å². The molecule has 0 aliphatic rings. The molecular weight excluding hydrogens is 202 g/mol. The second-order valence-corrected chi connectivity index (χ2v) is 3.56. The van der Waals surface area contributed by atoms with Gasteiger partial charge in [0.1, 0.15) is 0 Å². The van der Waals surface area contributed by atoms with Crippen LogP contribution in [0, 0.1) is 0 Å². The number of rotatable bonds is 2. The molecule has 4 nitrogen and oxygen atoms in total. The van der Waals surface area contributed by atoms with Crippen LogP contribution < -0.4 is 0 Å². The molecule has 0 atom stereocenters. The maximum Gasteiger partial charge on any atom is 0.377 e. The van der Waals surface area contributed by atoms with E-state index in [9.17, 15) is 9.59 Å². The van der Waals surface area contributed by atoms with Gasteiger partial charge in [0.05, 0.1) is 15.7 Å². The highest BCUT2D eigenvalue weighted by Crippen LogP contribution is 2.18. The summed E-state index contributed by atoms with van der Waals surface area (Å²) in [5.74, 6) is -2.35. The molecule has 1 N–H and O–H groups in total. The van der Waals surface area contributed by atoms with Crippen molar-refractivity contribution in [2.75, 3.05) is 0 Å². The minimum atomic E-state index is -1.44. The van der Waals surface area contributed by atoms with Crippen LogP contribution in [0.25, 0.3) is 10.2 Å². The topological polar surface area (TPSA) is 67.3 Å². The number of hydrogen-bond donors (Lipinski definition) is 1. The lowest BCUT2D eigenvalue weighted by Crippen LogP contribution is -2.12. The number of benzene rings is 1. The van der Waals surface area contributed by atoms with E-state index >= 15 is 0 Å². The summed E-state index contributed by atoms with van der Waals surface area (Å²) in [5, 5.41) is 8.49. The molecule has 14 heavy (non-hydrogen) atoms. The van der Waals surface area contributed by atoms with Crippen LogP contribution in [0.3, 0.4) is 0 Å². The van der Waals surface area contributed by atoms with Gasteiger partial charge in [0.2, 0.25) is 0 Å². The summed E-state index contributed by atoms with van der Waals surface area (Å²) in [6.07, 6.45) is 0. The first-order valence-corrected chi connectivity index (χ1v) is 4.67. The number of aliphatic carboxylic acids is 1. The first-order valence-electron chi connectivity index (χ1n) is 3.79. The van der Waals surface area contributed by atoms with Gasteiger partial charge in [-0.05, 0) is 18.2 Å². The summed E-state index contributed by atoms with van der Waals surface area (Å²) >= 11 is 1.45. The second-order valence-electron chi connectivity index (χ2n) is 2.67. The molecule has 0 saturated carbocycles. The lowest BCUT2D eigenvalue weighted by Gasteiger charge is -1.94. The van der Waals surface area contributed by atoms with Gasteiger partial charge in [-0.2, -0.15) is 0 Å². The third kappa shape index (κ3) is 1.38. The number of carboxylic acid groups (broad SMARTS) is 1. The molecule has 1 heterocycles. The fourth-order valence-corrected chi connectivity index (χ4v) is 1.78. The lowest BCUT2D eigenvalue weighted by molar-refractivity contribution is -0.131. The van der Waals surface area contributed by atoms with Crippen LogP contribution >= 0.6 is 11.3 Å². The third-order valence-electron chi connectivity index (χ3n) is 1.79. The predicted molar refractivity (Wildman–Crippen MR) is 51.6 cm³/mol. The number of carbonyl (C=O) groups is 2. The molecule has 0 aliphatic heterocycles. The van der Waals surface area contributed by atoms with Crippen molar-refractivity contribution in [2.24, 2.45) is 0 Å². The highest BCUT2D eigenvalue weighted by Gasteiger charge is 2.14. The number of nitrogens with zero attached hydrogens (tertiary/aromatic N) is 1. The van der Waals surface area contributed by atoms with Gasteiger partial charge in [-0.25, -0.2) is 9.78 Å². The fraction of sp³-hybridized carbons (Fsp3) is 0. The summed E-state index contributed by atoms with van der Waals surface area (Å²) in [7, 11) is 0. The molecule has 0 unspecified atom stereocenters. The van der Waals surface area contributed by atoms with Crippen molar-refractivity contribution in [3.8, 4) is 0 Å². The van der Waals surface area contributed by atoms with Gasteiger partial charge in [-0.15, -0.1) is 11.3 Å². The van der Waals surface area contributed by atoms with E-state index in [4.69, 9.17) is 5.11 Å². The van der Waals surface area contributed by atoms with Crippen molar-refractivity contribution in [2.45, 2.75) is 0 Å². The minimum absolute atomic E-state index is 0.163. The molecule has 0 amide bonds. The number of ketones is 1. The Labute approximate surface area is 82.8 Å². The molecule has 1 aromatic carbocycles. The van der Waals surface area contributed by atoms with Crippen molar-refractivity contribution in [3.05, 3.63) is 29.3 Å². The Balaban J connectivity index is 2.54. The number of aromatic nitrogens is 1. The van der Waals surface area contributed by atoms with E-state index in [1.807, 2.05) is 0 Å². The monoisotopic (exact) mass is 207 g/mol. The van der Waals surface area contributed by atoms with Gasteiger partial charge in [0.25, 0.3) is 5.78 Å². The van der Waals surface area contributed by atoms with Crippen molar-refractivity contribution >= 4 is 33.3 Å². The normalized spacial score (nSPS) is 10.3. The summed E-state index contributed by atoms with van der Waals surface area (Å²) in [6, 6.07) is 4.68. The zero-order valence-corrected chi connectivity index (χ0v) is 7.75. The van der Waals surface area contributed by atoms with E-state index in [0.717, 1.165) is 4.70 Å². The molecule has 0 spiro atoms. The largest absolute Gasteiger partial charge is 0.475 e. The predicted octanol–water partition coefficient (Wildman–Crippen LogP) is 1.56. The molecular formula is C9H5NO3S. The van der Waals surface area contributed by atoms with Gasteiger partial charge < -0.3 is 5.11 Å². The summed E-state index contributed by atoms with van der Waals surface area (Å²) < 4.78 is 0.937. The SMILES string of the molecule is O=C(O)C(=O)c1ccc2scnc2c1.